The monoisotopic (exact) mass is 397 g/mol. The summed E-state index contributed by atoms with van der Waals surface area (Å²) in [6.07, 6.45) is 0.931. The zero-order valence-electron chi connectivity index (χ0n) is 16.2. The van der Waals surface area contributed by atoms with Gasteiger partial charge in [-0.15, -0.1) is 0 Å². The number of rotatable bonds is 8. The van der Waals surface area contributed by atoms with E-state index in [-0.39, 0.29) is 12.5 Å². The average molecular weight is 397 g/mol. The predicted octanol–water partition coefficient (Wildman–Crippen LogP) is 1.60. The number of amides is 2. The molecule has 0 bridgehead atoms. The number of hydrogen-bond donors (Lipinski definition) is 4. The van der Waals surface area contributed by atoms with Crippen LogP contribution >= 0.6 is 0 Å². The summed E-state index contributed by atoms with van der Waals surface area (Å²) in [6, 6.07) is 15.2. The summed E-state index contributed by atoms with van der Waals surface area (Å²) in [7, 11) is 0. The first-order valence-electron chi connectivity index (χ1n) is 9.68. The van der Waals surface area contributed by atoms with E-state index in [0.717, 1.165) is 27.3 Å². The van der Waals surface area contributed by atoms with Gasteiger partial charge in [0.05, 0.1) is 0 Å². The molecule has 0 unspecified atom stereocenters. The summed E-state index contributed by atoms with van der Waals surface area (Å²) >= 11 is 0. The van der Waals surface area contributed by atoms with Crippen molar-refractivity contribution >= 4 is 12.0 Å². The van der Waals surface area contributed by atoms with Crippen molar-refractivity contribution in [3.05, 3.63) is 59.7 Å². The molecule has 0 aromatic heterocycles. The van der Waals surface area contributed by atoms with Gasteiger partial charge in [0, 0.05) is 5.92 Å². The number of carbonyl (C=O) groups excluding carboxylic acids is 2. The van der Waals surface area contributed by atoms with E-state index < -0.39 is 18.0 Å². The van der Waals surface area contributed by atoms with Crippen LogP contribution < -0.4 is 22.8 Å². The number of benzene rings is 2. The van der Waals surface area contributed by atoms with Gasteiger partial charge in [-0.3, -0.25) is 10.2 Å². The summed E-state index contributed by atoms with van der Waals surface area (Å²) < 4.78 is 5.50. The normalized spacial score (nSPS) is 13.3. The van der Waals surface area contributed by atoms with E-state index in [9.17, 15) is 9.59 Å². The van der Waals surface area contributed by atoms with Crippen molar-refractivity contribution in [1.82, 2.24) is 10.4 Å². The molecule has 8 heteroatoms. The third-order valence-electron chi connectivity index (χ3n) is 5.26. The second-order valence-electron chi connectivity index (χ2n) is 7.02. The van der Waals surface area contributed by atoms with Gasteiger partial charge in [-0.2, -0.15) is 0 Å². The fraction of sp³-hybridized carbons (Fsp3) is 0.333. The van der Waals surface area contributed by atoms with E-state index in [0.29, 0.717) is 25.8 Å². The predicted molar refractivity (Wildman–Crippen MR) is 110 cm³/mol. The van der Waals surface area contributed by atoms with Crippen molar-refractivity contribution < 1.29 is 14.3 Å². The van der Waals surface area contributed by atoms with Crippen molar-refractivity contribution in [3.8, 4) is 11.1 Å². The summed E-state index contributed by atoms with van der Waals surface area (Å²) in [5, 5.41) is 0.811. The van der Waals surface area contributed by atoms with E-state index in [1.165, 1.54) is 0 Å². The Bertz CT molecular complexity index is 827. The molecule has 1 atom stereocenters. The highest BCUT2D eigenvalue weighted by Crippen LogP contribution is 2.44. The molecule has 0 radical (unpaired) electrons. The van der Waals surface area contributed by atoms with Crippen LogP contribution in [0, 0.1) is 0 Å². The van der Waals surface area contributed by atoms with Crippen molar-refractivity contribution in [2.24, 2.45) is 17.4 Å². The lowest BCUT2D eigenvalue weighted by atomic mass is 9.98. The summed E-state index contributed by atoms with van der Waals surface area (Å²) in [5.74, 6) is 10.5. The minimum atomic E-state index is -0.915. The molecular formula is C21H27N5O3. The van der Waals surface area contributed by atoms with E-state index in [4.69, 9.17) is 22.2 Å². The molecule has 0 fully saturated rings. The second kappa shape index (κ2) is 9.51. The molecule has 0 heterocycles. The van der Waals surface area contributed by atoms with E-state index in [2.05, 4.69) is 17.6 Å². The Hall–Kier alpha value is -2.94. The molecule has 3 rings (SSSR count). The maximum atomic E-state index is 12.6. The SMILES string of the molecule is NCCCC[C@@H](C(=O)NN)N(N)C(=O)OCC1c2ccccc2-c2ccccc21. The van der Waals surface area contributed by atoms with Crippen LogP contribution in [-0.2, 0) is 9.53 Å². The average Bonchev–Trinajstić information content (AvgIpc) is 3.08. The van der Waals surface area contributed by atoms with Crippen LogP contribution in [0.25, 0.3) is 11.1 Å². The minimum Gasteiger partial charge on any atom is -0.447 e. The summed E-state index contributed by atoms with van der Waals surface area (Å²) in [6.45, 7) is 0.618. The molecule has 8 nitrogen and oxygen atoms in total. The van der Waals surface area contributed by atoms with Crippen molar-refractivity contribution in [3.63, 3.8) is 0 Å². The molecule has 0 saturated carbocycles. The lowest BCUT2D eigenvalue weighted by molar-refractivity contribution is -0.126. The molecular weight excluding hydrogens is 370 g/mol. The Morgan fingerprint density at radius 3 is 2.17 bits per heavy atom. The number of nitrogens with one attached hydrogen (secondary N) is 1. The van der Waals surface area contributed by atoms with E-state index in [1.54, 1.807) is 0 Å². The van der Waals surface area contributed by atoms with Gasteiger partial charge in [0.1, 0.15) is 12.6 Å². The number of hydrazine groups is 2. The second-order valence-corrected chi connectivity index (χ2v) is 7.02. The Morgan fingerprint density at radius 1 is 1.03 bits per heavy atom. The van der Waals surface area contributed by atoms with Crippen molar-refractivity contribution in [2.45, 2.75) is 31.2 Å². The van der Waals surface area contributed by atoms with E-state index in [1.807, 2.05) is 36.4 Å². The first kappa shape index (κ1) is 20.8. The van der Waals surface area contributed by atoms with Crippen LogP contribution in [0.3, 0.4) is 0 Å². The van der Waals surface area contributed by atoms with Crippen LogP contribution in [0.5, 0.6) is 0 Å². The topological polar surface area (TPSA) is 137 Å². The zero-order valence-corrected chi connectivity index (χ0v) is 16.2. The zero-order chi connectivity index (χ0) is 20.8. The standard InChI is InChI=1S/C21H27N5O3/c22-12-6-5-11-19(20(27)25-23)26(24)21(28)29-13-18-16-9-3-1-7-14(16)15-8-2-4-10-17(15)18/h1-4,7-10,18-19H,5-6,11-13,22-24H2,(H,25,27)/t19-/m0/s1. The maximum Gasteiger partial charge on any atom is 0.424 e. The van der Waals surface area contributed by atoms with Gasteiger partial charge in [-0.25, -0.2) is 21.5 Å². The Morgan fingerprint density at radius 2 is 1.62 bits per heavy atom. The first-order chi connectivity index (χ1) is 14.1. The number of nitrogens with zero attached hydrogens (tertiary/aromatic N) is 1. The van der Waals surface area contributed by atoms with Crippen LogP contribution in [0.15, 0.2) is 48.5 Å². The van der Waals surface area contributed by atoms with Crippen molar-refractivity contribution in [2.75, 3.05) is 13.2 Å². The molecule has 0 saturated heterocycles. The molecule has 2 aromatic carbocycles. The van der Waals surface area contributed by atoms with Gasteiger partial charge in [-0.05, 0) is 48.1 Å². The fourth-order valence-corrected chi connectivity index (χ4v) is 3.77. The molecule has 7 N–H and O–H groups in total. The van der Waals surface area contributed by atoms with Crippen molar-refractivity contribution in [1.29, 1.82) is 0 Å². The maximum absolute atomic E-state index is 12.6. The third kappa shape index (κ3) is 4.40. The molecule has 154 valence electrons. The number of unbranched alkanes of at least 4 members (excludes halogenated alkanes) is 1. The van der Waals surface area contributed by atoms with Gasteiger partial charge in [0.2, 0.25) is 0 Å². The molecule has 2 aromatic rings. The minimum absolute atomic E-state index is 0.0845. The van der Waals surface area contributed by atoms with Gasteiger partial charge in [0.25, 0.3) is 5.91 Å². The number of ether oxygens (including phenoxy) is 1. The fourth-order valence-electron chi connectivity index (χ4n) is 3.77. The number of fused-ring (bicyclic) bond motifs is 3. The Labute approximate surface area is 169 Å². The Kier molecular flexibility index (Phi) is 6.82. The number of nitrogens with two attached hydrogens (primary N) is 3. The highest BCUT2D eigenvalue weighted by atomic mass is 16.6. The van der Waals surface area contributed by atoms with Gasteiger partial charge in [0.15, 0.2) is 0 Å². The number of carbonyl (C=O) groups is 2. The third-order valence-corrected chi connectivity index (χ3v) is 5.26. The van der Waals surface area contributed by atoms with Crippen LogP contribution in [0.1, 0.15) is 36.3 Å². The quantitative estimate of drug-likeness (QED) is 0.231. The Balaban J connectivity index is 1.70. The van der Waals surface area contributed by atoms with Crippen LogP contribution in [0.2, 0.25) is 0 Å². The van der Waals surface area contributed by atoms with Crippen LogP contribution in [-0.4, -0.2) is 36.2 Å². The lowest BCUT2D eigenvalue weighted by Gasteiger charge is -2.26. The molecule has 2 amide bonds. The largest absolute Gasteiger partial charge is 0.447 e. The highest BCUT2D eigenvalue weighted by molar-refractivity contribution is 5.85. The molecule has 1 aliphatic rings. The molecule has 0 spiro atoms. The van der Waals surface area contributed by atoms with E-state index >= 15 is 0 Å². The molecule has 29 heavy (non-hydrogen) atoms. The lowest BCUT2D eigenvalue weighted by Crippen LogP contribution is -2.54. The summed E-state index contributed by atoms with van der Waals surface area (Å²) in [5.41, 5.74) is 12.0. The molecule has 1 aliphatic carbocycles. The van der Waals surface area contributed by atoms with Crippen LogP contribution in [0.4, 0.5) is 4.79 Å². The highest BCUT2D eigenvalue weighted by Gasteiger charge is 2.32. The number of hydrogen-bond acceptors (Lipinski definition) is 6. The van der Waals surface area contributed by atoms with Gasteiger partial charge in [-0.1, -0.05) is 48.5 Å². The summed E-state index contributed by atoms with van der Waals surface area (Å²) in [4.78, 5) is 24.6. The smallest absolute Gasteiger partial charge is 0.424 e. The van der Waals surface area contributed by atoms with Gasteiger partial charge < -0.3 is 10.5 Å². The van der Waals surface area contributed by atoms with Gasteiger partial charge >= 0.3 is 6.09 Å². The molecule has 0 aliphatic heterocycles. The first-order valence-corrected chi connectivity index (χ1v) is 9.68.